The zero-order valence-electron chi connectivity index (χ0n) is 16.4. The van der Waals surface area contributed by atoms with Crippen molar-refractivity contribution in [1.29, 1.82) is 0 Å². The molecule has 158 valence electrons. The van der Waals surface area contributed by atoms with Gasteiger partial charge in [0.2, 0.25) is 15.9 Å². The quantitative estimate of drug-likeness (QED) is 0.651. The number of nitrogens with one attached hydrogen (secondary N) is 1. The minimum atomic E-state index is -3.68. The summed E-state index contributed by atoms with van der Waals surface area (Å²) < 4.78 is 39.7. The standard InChI is InChI=1S/C21H23FN4O3S/c22-16-8-10-17(11-9-16)30(28,29)26-14-12-25(13-15-26)21(27)7-3-6-20-23-18-4-1-2-5-19(18)24-20/h1-2,4-5,8-11H,3,6-7,12-15H2,(H,23,24). The number of imidazole rings is 1. The fourth-order valence-corrected chi connectivity index (χ4v) is 5.04. The van der Waals surface area contributed by atoms with Crippen molar-refractivity contribution in [1.82, 2.24) is 19.2 Å². The van der Waals surface area contributed by atoms with Gasteiger partial charge in [-0.25, -0.2) is 17.8 Å². The lowest BCUT2D eigenvalue weighted by molar-refractivity contribution is -0.132. The summed E-state index contributed by atoms with van der Waals surface area (Å²) in [5, 5.41) is 0. The number of carbonyl (C=O) groups excluding carboxylic acids is 1. The number of amides is 1. The molecule has 1 amide bonds. The lowest BCUT2D eigenvalue weighted by Crippen LogP contribution is -2.50. The lowest BCUT2D eigenvalue weighted by atomic mass is 10.2. The maximum absolute atomic E-state index is 13.1. The van der Waals surface area contributed by atoms with Crippen LogP contribution in [-0.4, -0.2) is 59.7 Å². The van der Waals surface area contributed by atoms with Crippen LogP contribution in [0.2, 0.25) is 0 Å². The van der Waals surface area contributed by atoms with Crippen molar-refractivity contribution in [2.24, 2.45) is 0 Å². The summed E-state index contributed by atoms with van der Waals surface area (Å²) in [4.78, 5) is 22.1. The Balaban J connectivity index is 1.27. The first-order chi connectivity index (χ1) is 14.4. The summed E-state index contributed by atoms with van der Waals surface area (Å²) in [5.41, 5.74) is 1.90. The lowest BCUT2D eigenvalue weighted by Gasteiger charge is -2.34. The number of aromatic amines is 1. The van der Waals surface area contributed by atoms with E-state index in [1.165, 1.54) is 16.4 Å². The Morgan fingerprint density at radius 3 is 2.43 bits per heavy atom. The summed E-state index contributed by atoms with van der Waals surface area (Å²) >= 11 is 0. The van der Waals surface area contributed by atoms with Crippen LogP contribution in [0.4, 0.5) is 4.39 Å². The maximum atomic E-state index is 13.1. The first-order valence-corrected chi connectivity index (χ1v) is 11.3. The van der Waals surface area contributed by atoms with Crippen LogP contribution in [0.1, 0.15) is 18.7 Å². The van der Waals surface area contributed by atoms with E-state index in [2.05, 4.69) is 9.97 Å². The van der Waals surface area contributed by atoms with Gasteiger partial charge in [-0.2, -0.15) is 4.31 Å². The highest BCUT2D eigenvalue weighted by atomic mass is 32.2. The zero-order chi connectivity index (χ0) is 21.1. The number of aryl methyl sites for hydroxylation is 1. The first kappa shape index (κ1) is 20.5. The molecule has 0 unspecified atom stereocenters. The normalized spacial score (nSPS) is 15.6. The van der Waals surface area contributed by atoms with E-state index in [0.29, 0.717) is 32.4 Å². The van der Waals surface area contributed by atoms with Gasteiger partial charge in [-0.1, -0.05) is 12.1 Å². The molecule has 0 bridgehead atoms. The fraction of sp³-hybridized carbons (Fsp3) is 0.333. The van der Waals surface area contributed by atoms with Crippen LogP contribution >= 0.6 is 0 Å². The van der Waals surface area contributed by atoms with Gasteiger partial charge in [0.25, 0.3) is 0 Å². The third kappa shape index (κ3) is 4.36. The van der Waals surface area contributed by atoms with E-state index in [1.54, 1.807) is 4.90 Å². The van der Waals surface area contributed by atoms with Crippen molar-refractivity contribution < 1.29 is 17.6 Å². The smallest absolute Gasteiger partial charge is 0.243 e. The number of halogens is 1. The molecule has 1 fully saturated rings. The van der Waals surface area contributed by atoms with Crippen LogP contribution in [0.5, 0.6) is 0 Å². The number of nitrogens with zero attached hydrogens (tertiary/aromatic N) is 3. The molecule has 0 radical (unpaired) electrons. The number of para-hydroxylation sites is 2. The zero-order valence-corrected chi connectivity index (χ0v) is 17.2. The predicted molar refractivity (Wildman–Crippen MR) is 111 cm³/mol. The number of hydrogen-bond donors (Lipinski definition) is 1. The Hall–Kier alpha value is -2.78. The van der Waals surface area contributed by atoms with E-state index < -0.39 is 15.8 Å². The summed E-state index contributed by atoms with van der Waals surface area (Å²) in [6.45, 7) is 1.16. The van der Waals surface area contributed by atoms with Crippen molar-refractivity contribution in [2.75, 3.05) is 26.2 Å². The number of carbonyl (C=O) groups is 1. The second-order valence-electron chi connectivity index (χ2n) is 7.29. The van der Waals surface area contributed by atoms with Gasteiger partial charge in [0.15, 0.2) is 0 Å². The van der Waals surface area contributed by atoms with Gasteiger partial charge in [-0.3, -0.25) is 4.79 Å². The van der Waals surface area contributed by atoms with Crippen molar-refractivity contribution in [3.63, 3.8) is 0 Å². The van der Waals surface area contributed by atoms with Crippen LogP contribution in [0.3, 0.4) is 0 Å². The second-order valence-corrected chi connectivity index (χ2v) is 9.23. The molecular weight excluding hydrogens is 407 g/mol. The van der Waals surface area contributed by atoms with Crippen LogP contribution < -0.4 is 0 Å². The highest BCUT2D eigenvalue weighted by Gasteiger charge is 2.29. The topological polar surface area (TPSA) is 86.4 Å². The number of sulfonamides is 1. The molecule has 1 N–H and O–H groups in total. The Morgan fingerprint density at radius 2 is 1.73 bits per heavy atom. The highest BCUT2D eigenvalue weighted by Crippen LogP contribution is 2.19. The van der Waals surface area contributed by atoms with E-state index in [1.807, 2.05) is 24.3 Å². The Labute approximate surface area is 174 Å². The average molecular weight is 431 g/mol. The molecule has 9 heteroatoms. The third-order valence-corrected chi connectivity index (χ3v) is 7.20. The summed E-state index contributed by atoms with van der Waals surface area (Å²) in [7, 11) is -3.68. The Morgan fingerprint density at radius 1 is 1.03 bits per heavy atom. The molecular formula is C21H23FN4O3S. The minimum Gasteiger partial charge on any atom is -0.342 e. The molecule has 0 saturated carbocycles. The molecule has 2 aromatic carbocycles. The molecule has 1 saturated heterocycles. The Bertz CT molecular complexity index is 1100. The SMILES string of the molecule is O=C(CCCc1nc2ccccc2[nH]1)N1CCN(S(=O)(=O)c2ccc(F)cc2)CC1. The molecule has 1 aromatic heterocycles. The molecule has 30 heavy (non-hydrogen) atoms. The fourth-order valence-electron chi connectivity index (χ4n) is 3.62. The van der Waals surface area contributed by atoms with Crippen molar-refractivity contribution in [3.8, 4) is 0 Å². The van der Waals surface area contributed by atoms with Gasteiger partial charge in [-0.15, -0.1) is 0 Å². The number of benzene rings is 2. The van der Waals surface area contributed by atoms with E-state index in [-0.39, 0.29) is 23.9 Å². The third-order valence-electron chi connectivity index (χ3n) is 5.29. The molecule has 7 nitrogen and oxygen atoms in total. The molecule has 2 heterocycles. The molecule has 4 rings (SSSR count). The monoisotopic (exact) mass is 430 g/mol. The van der Waals surface area contributed by atoms with Crippen LogP contribution in [0.15, 0.2) is 53.4 Å². The summed E-state index contributed by atoms with van der Waals surface area (Å²) in [5.74, 6) is 0.399. The minimum absolute atomic E-state index is 0.0185. The van der Waals surface area contributed by atoms with E-state index in [4.69, 9.17) is 0 Å². The summed E-state index contributed by atoms with van der Waals surface area (Å²) in [6.07, 6.45) is 1.74. The molecule has 1 aliphatic heterocycles. The molecule has 0 atom stereocenters. The molecule has 0 aliphatic carbocycles. The number of H-pyrrole nitrogens is 1. The number of hydrogen-bond acceptors (Lipinski definition) is 4. The van der Waals surface area contributed by atoms with Gasteiger partial charge in [0.1, 0.15) is 11.6 Å². The predicted octanol–water partition coefficient (Wildman–Crippen LogP) is 2.56. The van der Waals surface area contributed by atoms with E-state index in [9.17, 15) is 17.6 Å². The van der Waals surface area contributed by atoms with Gasteiger partial charge >= 0.3 is 0 Å². The van der Waals surface area contributed by atoms with Crippen molar-refractivity contribution >= 4 is 27.0 Å². The van der Waals surface area contributed by atoms with Crippen molar-refractivity contribution in [2.45, 2.75) is 24.2 Å². The Kier molecular flexibility index (Phi) is 5.83. The van der Waals surface area contributed by atoms with Gasteiger partial charge in [0.05, 0.1) is 15.9 Å². The van der Waals surface area contributed by atoms with E-state index in [0.717, 1.165) is 29.0 Å². The van der Waals surface area contributed by atoms with Crippen molar-refractivity contribution in [3.05, 3.63) is 60.2 Å². The first-order valence-electron chi connectivity index (χ1n) is 9.90. The van der Waals surface area contributed by atoms with Gasteiger partial charge < -0.3 is 9.88 Å². The second kappa shape index (κ2) is 8.53. The average Bonchev–Trinajstić information content (AvgIpc) is 3.17. The largest absolute Gasteiger partial charge is 0.342 e. The van der Waals surface area contributed by atoms with Crippen LogP contribution in [-0.2, 0) is 21.2 Å². The summed E-state index contributed by atoms with van der Waals surface area (Å²) in [6, 6.07) is 12.6. The maximum Gasteiger partial charge on any atom is 0.243 e. The van der Waals surface area contributed by atoms with Gasteiger partial charge in [-0.05, 0) is 42.8 Å². The number of aromatic nitrogens is 2. The number of piperazine rings is 1. The number of rotatable bonds is 6. The molecule has 3 aromatic rings. The van der Waals surface area contributed by atoms with Crippen LogP contribution in [0.25, 0.3) is 11.0 Å². The van der Waals surface area contributed by atoms with E-state index >= 15 is 0 Å². The molecule has 0 spiro atoms. The highest BCUT2D eigenvalue weighted by molar-refractivity contribution is 7.89. The molecule has 1 aliphatic rings. The van der Waals surface area contributed by atoms with Crippen LogP contribution in [0, 0.1) is 5.82 Å². The number of fused-ring (bicyclic) bond motifs is 1. The van der Waals surface area contributed by atoms with Gasteiger partial charge in [0, 0.05) is 39.0 Å².